The summed E-state index contributed by atoms with van der Waals surface area (Å²) in [5.74, 6) is 0. The fourth-order valence-corrected chi connectivity index (χ4v) is 0.989. The second kappa shape index (κ2) is 1.84. The fourth-order valence-electron chi connectivity index (χ4n) is 0.989. The minimum atomic E-state index is -4.69. The van der Waals surface area contributed by atoms with Crippen molar-refractivity contribution < 1.29 is 17.6 Å². The molecule has 0 aromatic heterocycles. The average molecular weight is 157 g/mol. The maximum atomic E-state index is 12.5. The predicted octanol–water partition coefficient (Wildman–Crippen LogP) is 1.20. The number of hydrogen-bond donors (Lipinski definition) is 0. The van der Waals surface area contributed by atoms with Gasteiger partial charge in [-0.25, -0.2) is 4.39 Å². The third-order valence-electron chi connectivity index (χ3n) is 1.55. The first-order valence-electron chi connectivity index (χ1n) is 2.79. The number of hydrogen-bond acceptors (Lipinski definition) is 1. The van der Waals surface area contributed by atoms with Crippen molar-refractivity contribution in [3.63, 3.8) is 0 Å². The number of nitrogens with zero attached hydrogens (tertiary/aromatic N) is 1. The Balaban J connectivity index is 2.57. The highest BCUT2D eigenvalue weighted by molar-refractivity contribution is 5.00. The molecule has 0 spiro atoms. The lowest BCUT2D eigenvalue weighted by atomic mass is 9.97. The largest absolute Gasteiger partial charge is 0.425 e. The zero-order chi connectivity index (χ0) is 7.99. The Hall–Kier alpha value is -0.320. The van der Waals surface area contributed by atoms with Crippen LogP contribution in [0.3, 0.4) is 0 Å². The van der Waals surface area contributed by atoms with Crippen LogP contribution in [0.1, 0.15) is 0 Å². The van der Waals surface area contributed by atoms with E-state index in [1.54, 1.807) is 0 Å². The van der Waals surface area contributed by atoms with Gasteiger partial charge in [0.2, 0.25) is 5.67 Å². The average Bonchev–Trinajstić information content (AvgIpc) is 1.58. The summed E-state index contributed by atoms with van der Waals surface area (Å²) in [6.07, 6.45) is -4.69. The molecule has 0 saturated carbocycles. The monoisotopic (exact) mass is 157 g/mol. The van der Waals surface area contributed by atoms with E-state index in [1.165, 1.54) is 11.9 Å². The van der Waals surface area contributed by atoms with E-state index in [1.807, 2.05) is 0 Å². The second-order valence-electron chi connectivity index (χ2n) is 2.64. The molecule has 0 bridgehead atoms. The van der Waals surface area contributed by atoms with Crippen LogP contribution >= 0.6 is 0 Å². The first-order chi connectivity index (χ1) is 4.35. The molecular weight excluding hydrogens is 150 g/mol. The Bertz CT molecular complexity index is 135. The smallest absolute Gasteiger partial charge is 0.299 e. The van der Waals surface area contributed by atoms with Crippen LogP contribution in [0.5, 0.6) is 0 Å². The summed E-state index contributed by atoms with van der Waals surface area (Å²) < 4.78 is 47.5. The molecule has 5 heteroatoms. The Kier molecular flexibility index (Phi) is 1.43. The van der Waals surface area contributed by atoms with E-state index in [0.29, 0.717) is 0 Å². The molecule has 0 aromatic rings. The molecule has 0 N–H and O–H groups in total. The van der Waals surface area contributed by atoms with Crippen LogP contribution in [-0.2, 0) is 0 Å². The van der Waals surface area contributed by atoms with Gasteiger partial charge in [-0.2, -0.15) is 13.2 Å². The maximum absolute atomic E-state index is 12.5. The van der Waals surface area contributed by atoms with Gasteiger partial charge < -0.3 is 0 Å². The van der Waals surface area contributed by atoms with Crippen LogP contribution in [0, 0.1) is 0 Å². The molecule has 1 rings (SSSR count). The van der Waals surface area contributed by atoms with Crippen molar-refractivity contribution in [2.45, 2.75) is 11.8 Å². The molecule has 60 valence electrons. The van der Waals surface area contributed by atoms with Crippen molar-refractivity contribution in [1.29, 1.82) is 0 Å². The summed E-state index contributed by atoms with van der Waals surface area (Å²) >= 11 is 0. The Morgan fingerprint density at radius 3 is 1.80 bits per heavy atom. The molecule has 0 atom stereocenters. The third kappa shape index (κ3) is 0.982. The number of rotatable bonds is 0. The van der Waals surface area contributed by atoms with Gasteiger partial charge in [-0.05, 0) is 7.05 Å². The van der Waals surface area contributed by atoms with E-state index in [9.17, 15) is 17.6 Å². The van der Waals surface area contributed by atoms with Gasteiger partial charge in [-0.15, -0.1) is 0 Å². The lowest BCUT2D eigenvalue weighted by molar-refractivity contribution is -0.267. The molecule has 1 saturated heterocycles. The topological polar surface area (TPSA) is 3.24 Å². The Labute approximate surface area is 55.6 Å². The Morgan fingerprint density at radius 1 is 1.30 bits per heavy atom. The van der Waals surface area contributed by atoms with Gasteiger partial charge in [0.15, 0.2) is 0 Å². The fraction of sp³-hybridized carbons (Fsp3) is 1.00. The normalized spacial score (nSPS) is 26.1. The lowest BCUT2D eigenvalue weighted by Gasteiger charge is -2.42. The molecule has 1 aliphatic rings. The summed E-state index contributed by atoms with van der Waals surface area (Å²) in [6, 6.07) is 0. The summed E-state index contributed by atoms with van der Waals surface area (Å²) in [6.45, 7) is -1.06. The summed E-state index contributed by atoms with van der Waals surface area (Å²) in [5.41, 5.74) is -2.94. The molecule has 1 fully saturated rings. The van der Waals surface area contributed by atoms with Crippen LogP contribution in [0.4, 0.5) is 17.6 Å². The number of halogens is 4. The second-order valence-corrected chi connectivity index (χ2v) is 2.64. The van der Waals surface area contributed by atoms with E-state index in [4.69, 9.17) is 0 Å². The van der Waals surface area contributed by atoms with Crippen molar-refractivity contribution in [3.05, 3.63) is 0 Å². The van der Waals surface area contributed by atoms with Gasteiger partial charge in [0, 0.05) is 13.1 Å². The Morgan fingerprint density at radius 2 is 1.70 bits per heavy atom. The predicted molar refractivity (Wildman–Crippen MR) is 27.4 cm³/mol. The first kappa shape index (κ1) is 7.78. The van der Waals surface area contributed by atoms with Gasteiger partial charge >= 0.3 is 6.18 Å². The van der Waals surface area contributed by atoms with E-state index in [-0.39, 0.29) is 0 Å². The quantitative estimate of drug-likeness (QED) is 0.477. The maximum Gasteiger partial charge on any atom is 0.425 e. The first-order valence-corrected chi connectivity index (χ1v) is 2.79. The highest BCUT2D eigenvalue weighted by Gasteiger charge is 2.62. The van der Waals surface area contributed by atoms with Crippen molar-refractivity contribution in [2.75, 3.05) is 20.1 Å². The van der Waals surface area contributed by atoms with Gasteiger partial charge in [0.05, 0.1) is 0 Å². The molecule has 0 unspecified atom stereocenters. The summed E-state index contributed by atoms with van der Waals surface area (Å²) in [4.78, 5) is 1.29. The van der Waals surface area contributed by atoms with E-state index in [2.05, 4.69) is 0 Å². The molecule has 0 radical (unpaired) electrons. The lowest BCUT2D eigenvalue weighted by Crippen LogP contribution is -2.64. The SMILES string of the molecule is CN1CC(F)(C(F)(F)F)C1. The van der Waals surface area contributed by atoms with E-state index >= 15 is 0 Å². The van der Waals surface area contributed by atoms with Gasteiger partial charge in [-0.1, -0.05) is 0 Å². The molecule has 1 aliphatic heterocycles. The number of alkyl halides is 4. The van der Waals surface area contributed by atoms with Gasteiger partial charge in [0.25, 0.3) is 0 Å². The van der Waals surface area contributed by atoms with Crippen LogP contribution in [0.15, 0.2) is 0 Å². The van der Waals surface area contributed by atoms with Crippen molar-refractivity contribution in [2.24, 2.45) is 0 Å². The molecular formula is C5H7F4N. The minimum absolute atomic E-state index is 0.531. The summed E-state index contributed by atoms with van der Waals surface area (Å²) in [7, 11) is 1.45. The molecule has 0 aliphatic carbocycles. The molecule has 0 amide bonds. The summed E-state index contributed by atoms with van der Waals surface area (Å²) in [5, 5.41) is 0. The molecule has 10 heavy (non-hydrogen) atoms. The van der Waals surface area contributed by atoms with E-state index < -0.39 is 24.9 Å². The zero-order valence-electron chi connectivity index (χ0n) is 5.37. The van der Waals surface area contributed by atoms with E-state index in [0.717, 1.165) is 0 Å². The van der Waals surface area contributed by atoms with Gasteiger partial charge in [0.1, 0.15) is 0 Å². The van der Waals surface area contributed by atoms with Crippen LogP contribution in [-0.4, -0.2) is 36.9 Å². The van der Waals surface area contributed by atoms with Crippen LogP contribution < -0.4 is 0 Å². The highest BCUT2D eigenvalue weighted by atomic mass is 19.4. The van der Waals surface area contributed by atoms with Crippen LogP contribution in [0.2, 0.25) is 0 Å². The molecule has 0 aromatic carbocycles. The standard InChI is InChI=1S/C5H7F4N/c1-10-2-4(6,3-10)5(7,8)9/h2-3H2,1H3. The molecule has 1 heterocycles. The van der Waals surface area contributed by atoms with Crippen molar-refractivity contribution >= 4 is 0 Å². The van der Waals surface area contributed by atoms with Crippen molar-refractivity contribution in [1.82, 2.24) is 4.90 Å². The van der Waals surface area contributed by atoms with Crippen LogP contribution in [0.25, 0.3) is 0 Å². The minimum Gasteiger partial charge on any atom is -0.299 e. The van der Waals surface area contributed by atoms with Crippen molar-refractivity contribution in [3.8, 4) is 0 Å². The third-order valence-corrected chi connectivity index (χ3v) is 1.55. The highest BCUT2D eigenvalue weighted by Crippen LogP contribution is 2.40. The number of likely N-dealkylation sites (tertiary alicyclic amines) is 1. The zero-order valence-corrected chi connectivity index (χ0v) is 5.37. The molecule has 1 nitrogen and oxygen atoms in total. The van der Waals surface area contributed by atoms with Gasteiger partial charge in [-0.3, -0.25) is 4.90 Å².